The van der Waals surface area contributed by atoms with Crippen LogP contribution in [0.5, 0.6) is 0 Å². The average Bonchev–Trinajstić information content (AvgIpc) is 3.42. The molecule has 0 saturated carbocycles. The number of nitrogens with one attached hydrogen (secondary N) is 1. The van der Waals surface area contributed by atoms with Gasteiger partial charge < -0.3 is 9.88 Å². The Hall–Kier alpha value is -4.45. The van der Waals surface area contributed by atoms with Crippen molar-refractivity contribution in [3.63, 3.8) is 0 Å². The largest absolute Gasteiger partial charge is 0.326 e. The van der Waals surface area contributed by atoms with E-state index in [0.717, 1.165) is 16.2 Å². The second kappa shape index (κ2) is 8.00. The number of nitrogens with zero attached hydrogens (tertiary/aromatic N) is 2. The summed E-state index contributed by atoms with van der Waals surface area (Å²) in [5.74, 6) is -0.910. The van der Waals surface area contributed by atoms with Crippen molar-refractivity contribution >= 4 is 29.1 Å². The van der Waals surface area contributed by atoms with E-state index in [0.29, 0.717) is 22.5 Å². The van der Waals surface area contributed by atoms with Gasteiger partial charge in [-0.15, -0.1) is 0 Å². The second-order valence-corrected chi connectivity index (χ2v) is 7.52. The average molecular weight is 421 g/mol. The van der Waals surface area contributed by atoms with Crippen molar-refractivity contribution < 1.29 is 14.4 Å². The van der Waals surface area contributed by atoms with Crippen LogP contribution in [0.15, 0.2) is 97.3 Å². The number of carbonyl (C=O) groups is 3. The molecule has 0 unspecified atom stereocenters. The molecule has 0 bridgehead atoms. The van der Waals surface area contributed by atoms with Crippen molar-refractivity contribution in [2.75, 3.05) is 10.2 Å². The smallest absolute Gasteiger partial charge is 0.266 e. The number of hydrogen-bond acceptors (Lipinski definition) is 3. The van der Waals surface area contributed by atoms with E-state index in [1.165, 1.54) is 0 Å². The van der Waals surface area contributed by atoms with Crippen LogP contribution < -0.4 is 10.2 Å². The highest BCUT2D eigenvalue weighted by Gasteiger charge is 2.36. The first-order valence-electron chi connectivity index (χ1n) is 10.2. The Kier molecular flexibility index (Phi) is 4.88. The molecular formula is C26H19N3O3. The number of amides is 3. The molecule has 32 heavy (non-hydrogen) atoms. The molecule has 0 aliphatic carbocycles. The zero-order valence-electron chi connectivity index (χ0n) is 17.1. The van der Waals surface area contributed by atoms with Crippen molar-refractivity contribution in [1.29, 1.82) is 0 Å². The summed E-state index contributed by atoms with van der Waals surface area (Å²) in [7, 11) is 0. The van der Waals surface area contributed by atoms with Gasteiger partial charge in [-0.1, -0.05) is 30.3 Å². The number of aromatic nitrogens is 1. The Bertz CT molecular complexity index is 1290. The van der Waals surface area contributed by atoms with Gasteiger partial charge in [0, 0.05) is 23.8 Å². The summed E-state index contributed by atoms with van der Waals surface area (Å²) in [4.78, 5) is 39.1. The molecule has 5 rings (SSSR count). The molecule has 0 fully saturated rings. The SMILES string of the molecule is O=C(Cc1ccc(-n2cccc2)cc1)Nc1cccc(N2C(=O)c3ccccc3C2=O)c1. The summed E-state index contributed by atoms with van der Waals surface area (Å²) < 4.78 is 1.99. The highest BCUT2D eigenvalue weighted by molar-refractivity contribution is 6.34. The predicted molar refractivity (Wildman–Crippen MR) is 122 cm³/mol. The van der Waals surface area contributed by atoms with Crippen molar-refractivity contribution in [3.8, 4) is 5.69 Å². The lowest BCUT2D eigenvalue weighted by Crippen LogP contribution is -2.29. The van der Waals surface area contributed by atoms with Crippen molar-refractivity contribution in [1.82, 2.24) is 4.57 Å². The first kappa shape index (κ1) is 19.5. The van der Waals surface area contributed by atoms with Crippen LogP contribution in [0, 0.1) is 0 Å². The van der Waals surface area contributed by atoms with E-state index >= 15 is 0 Å². The summed E-state index contributed by atoms with van der Waals surface area (Å²) in [6, 6.07) is 25.2. The van der Waals surface area contributed by atoms with Gasteiger partial charge in [-0.25, -0.2) is 4.90 Å². The van der Waals surface area contributed by atoms with Crippen LogP contribution in [0.3, 0.4) is 0 Å². The van der Waals surface area contributed by atoms with Gasteiger partial charge >= 0.3 is 0 Å². The molecule has 156 valence electrons. The van der Waals surface area contributed by atoms with Gasteiger partial charge in [0.25, 0.3) is 11.8 Å². The fourth-order valence-electron chi connectivity index (χ4n) is 3.83. The maximum atomic E-state index is 12.7. The zero-order valence-corrected chi connectivity index (χ0v) is 17.1. The molecule has 4 aromatic rings. The van der Waals surface area contributed by atoms with E-state index in [1.807, 2.05) is 53.4 Å². The topological polar surface area (TPSA) is 71.4 Å². The fraction of sp³-hybridized carbons (Fsp3) is 0.0385. The summed E-state index contributed by atoms with van der Waals surface area (Å²) in [6.45, 7) is 0. The molecule has 6 nitrogen and oxygen atoms in total. The Balaban J connectivity index is 1.29. The number of benzene rings is 3. The van der Waals surface area contributed by atoms with E-state index in [2.05, 4.69) is 5.32 Å². The number of anilines is 2. The lowest BCUT2D eigenvalue weighted by atomic mass is 10.1. The Morgan fingerprint density at radius 2 is 1.38 bits per heavy atom. The minimum Gasteiger partial charge on any atom is -0.326 e. The molecule has 0 spiro atoms. The van der Waals surface area contributed by atoms with E-state index in [-0.39, 0.29) is 24.1 Å². The van der Waals surface area contributed by atoms with E-state index in [9.17, 15) is 14.4 Å². The van der Waals surface area contributed by atoms with E-state index in [1.54, 1.807) is 48.5 Å². The quantitative estimate of drug-likeness (QED) is 0.484. The molecule has 1 N–H and O–H groups in total. The molecule has 1 aliphatic heterocycles. The third-order valence-electron chi connectivity index (χ3n) is 5.39. The van der Waals surface area contributed by atoms with Gasteiger partial charge in [-0.05, 0) is 60.2 Å². The van der Waals surface area contributed by atoms with E-state index < -0.39 is 0 Å². The van der Waals surface area contributed by atoms with Crippen LogP contribution in [-0.2, 0) is 11.2 Å². The molecule has 1 aromatic heterocycles. The molecule has 0 radical (unpaired) electrons. The van der Waals surface area contributed by atoms with Gasteiger partial charge in [-0.2, -0.15) is 0 Å². The van der Waals surface area contributed by atoms with Crippen LogP contribution in [-0.4, -0.2) is 22.3 Å². The lowest BCUT2D eigenvalue weighted by Gasteiger charge is -2.15. The van der Waals surface area contributed by atoms with Gasteiger partial charge in [0.15, 0.2) is 0 Å². The van der Waals surface area contributed by atoms with Gasteiger partial charge in [0.05, 0.1) is 23.2 Å². The van der Waals surface area contributed by atoms with E-state index in [4.69, 9.17) is 0 Å². The van der Waals surface area contributed by atoms with Crippen molar-refractivity contribution in [2.24, 2.45) is 0 Å². The Morgan fingerprint density at radius 3 is 2.03 bits per heavy atom. The first-order valence-corrected chi connectivity index (χ1v) is 10.2. The van der Waals surface area contributed by atoms with Gasteiger partial charge in [-0.3, -0.25) is 14.4 Å². The summed E-state index contributed by atoms with van der Waals surface area (Å²) in [5, 5.41) is 2.85. The zero-order chi connectivity index (χ0) is 22.1. The number of carbonyl (C=O) groups excluding carboxylic acids is 3. The Labute approximate surface area is 184 Å². The number of fused-ring (bicyclic) bond motifs is 1. The van der Waals surface area contributed by atoms with Crippen LogP contribution in [0.2, 0.25) is 0 Å². The van der Waals surface area contributed by atoms with Crippen LogP contribution in [0.1, 0.15) is 26.3 Å². The van der Waals surface area contributed by atoms with Crippen molar-refractivity contribution in [3.05, 3.63) is 114 Å². The first-order chi connectivity index (χ1) is 15.6. The molecule has 2 heterocycles. The third-order valence-corrected chi connectivity index (χ3v) is 5.39. The van der Waals surface area contributed by atoms with Gasteiger partial charge in [0.1, 0.15) is 0 Å². The minimum atomic E-state index is -0.364. The van der Waals surface area contributed by atoms with Crippen LogP contribution in [0.4, 0.5) is 11.4 Å². The molecular weight excluding hydrogens is 402 g/mol. The number of imide groups is 1. The monoisotopic (exact) mass is 421 g/mol. The second-order valence-electron chi connectivity index (χ2n) is 7.52. The number of rotatable bonds is 5. The normalized spacial score (nSPS) is 12.7. The lowest BCUT2D eigenvalue weighted by molar-refractivity contribution is -0.115. The molecule has 3 amide bonds. The maximum Gasteiger partial charge on any atom is 0.266 e. The predicted octanol–water partition coefficient (Wildman–Crippen LogP) is 4.46. The van der Waals surface area contributed by atoms with Gasteiger partial charge in [0.2, 0.25) is 5.91 Å². The van der Waals surface area contributed by atoms with Crippen LogP contribution in [0.25, 0.3) is 5.69 Å². The summed E-state index contributed by atoms with van der Waals surface area (Å²) >= 11 is 0. The maximum absolute atomic E-state index is 12.7. The van der Waals surface area contributed by atoms with Crippen molar-refractivity contribution in [2.45, 2.75) is 6.42 Å². The highest BCUT2D eigenvalue weighted by atomic mass is 16.2. The highest BCUT2D eigenvalue weighted by Crippen LogP contribution is 2.29. The third kappa shape index (κ3) is 3.58. The molecule has 0 atom stereocenters. The number of hydrogen-bond donors (Lipinski definition) is 1. The summed E-state index contributed by atoms with van der Waals surface area (Å²) in [5.41, 5.74) is 3.62. The standard InChI is InChI=1S/C26H19N3O3/c30-24(16-18-10-12-20(13-11-18)28-14-3-4-15-28)27-19-6-5-7-21(17-19)29-25(31)22-8-1-2-9-23(22)26(29)32/h1-15,17H,16H2,(H,27,30). The molecule has 3 aromatic carbocycles. The van der Waals surface area contributed by atoms with Crippen LogP contribution >= 0.6 is 0 Å². The Morgan fingerprint density at radius 1 is 0.719 bits per heavy atom. The fourth-order valence-corrected chi connectivity index (χ4v) is 3.83. The summed E-state index contributed by atoms with van der Waals surface area (Å²) in [6.07, 6.45) is 4.13. The molecule has 0 saturated heterocycles. The molecule has 1 aliphatic rings. The minimum absolute atomic E-state index is 0.182. The molecule has 6 heteroatoms.